The quantitative estimate of drug-likeness (QED) is 0.0169. The number of esters is 4. The molecule has 0 fully saturated rings. The Morgan fingerprint density at radius 2 is 0.529 bits per heavy atom. The van der Waals surface area contributed by atoms with Crippen molar-refractivity contribution in [1.29, 1.82) is 0 Å². The third-order valence-electron chi connectivity index (χ3n) is 16.4. The number of ether oxygens (including phenoxy) is 4. The molecule has 0 amide bonds. The van der Waals surface area contributed by atoms with Crippen LogP contribution in [0.4, 0.5) is 0 Å². The van der Waals surface area contributed by atoms with Gasteiger partial charge in [0.05, 0.1) is 26.4 Å². The minimum atomic E-state index is -4.99. The molecule has 5 unspecified atom stereocenters. The SMILES string of the molecule is CC/C=C\C/C=C\C/C=C\C/C=C\CCCCCCCCC(=O)OCC(COP(=O)(O)OCC(O)COP(=O)(O)OCC(COC(=O)CCCCCCC/C=C\C/C=C\CCCCC)OC(=O)CCCCCCC/C=C\C/C=C\CCCCC)OC(=O)CCCCCCC/C=C\C/C=C\CCC. The molecule has 586 valence electrons. The molecule has 0 heterocycles. The maximum atomic E-state index is 13.1. The summed E-state index contributed by atoms with van der Waals surface area (Å²) in [5.41, 5.74) is 0. The fourth-order valence-electron chi connectivity index (χ4n) is 10.3. The summed E-state index contributed by atoms with van der Waals surface area (Å²) >= 11 is 0. The highest BCUT2D eigenvalue weighted by molar-refractivity contribution is 7.47. The summed E-state index contributed by atoms with van der Waals surface area (Å²) in [5.74, 6) is -2.23. The van der Waals surface area contributed by atoms with Gasteiger partial charge in [-0.1, -0.05) is 265 Å². The average Bonchev–Trinajstić information content (AvgIpc) is 0.908. The fraction of sp³-hybridized carbons (Fsp3) is 0.711. The minimum Gasteiger partial charge on any atom is -0.462 e. The van der Waals surface area contributed by atoms with Gasteiger partial charge in [0.2, 0.25) is 0 Å². The summed E-state index contributed by atoms with van der Waals surface area (Å²) in [4.78, 5) is 73.0. The van der Waals surface area contributed by atoms with Gasteiger partial charge in [-0.25, -0.2) is 9.13 Å². The molecule has 0 aromatic carbocycles. The van der Waals surface area contributed by atoms with Gasteiger partial charge >= 0.3 is 39.5 Å². The summed E-state index contributed by atoms with van der Waals surface area (Å²) in [6.45, 7) is 4.60. The summed E-state index contributed by atoms with van der Waals surface area (Å²) < 4.78 is 68.6. The molecular formula is C83H142O17P2. The molecule has 0 saturated carbocycles. The first kappa shape index (κ1) is 97.5. The van der Waals surface area contributed by atoms with E-state index in [1.54, 1.807) is 0 Å². The number of hydrogen-bond donors (Lipinski definition) is 3. The molecule has 0 rings (SSSR count). The first-order valence-electron chi connectivity index (χ1n) is 39.8. The highest BCUT2D eigenvalue weighted by Gasteiger charge is 2.30. The lowest BCUT2D eigenvalue weighted by molar-refractivity contribution is -0.161. The summed E-state index contributed by atoms with van der Waals surface area (Å²) in [5, 5.41) is 10.6. The topological polar surface area (TPSA) is 237 Å². The number of hydrogen-bond acceptors (Lipinski definition) is 15. The van der Waals surface area contributed by atoms with Crippen LogP contribution < -0.4 is 0 Å². The molecular weight excluding hydrogens is 1330 g/mol. The molecule has 0 aromatic heterocycles. The lowest BCUT2D eigenvalue weighted by Gasteiger charge is -2.21. The second-order valence-corrected chi connectivity index (χ2v) is 29.2. The van der Waals surface area contributed by atoms with Crippen molar-refractivity contribution in [2.45, 2.75) is 341 Å². The molecule has 0 aliphatic rings. The van der Waals surface area contributed by atoms with Gasteiger partial charge in [-0.05, 0) is 154 Å². The monoisotopic (exact) mass is 1470 g/mol. The number of phosphoric acid groups is 2. The lowest BCUT2D eigenvalue weighted by atomic mass is 10.1. The van der Waals surface area contributed by atoms with E-state index in [1.165, 1.54) is 38.5 Å². The van der Waals surface area contributed by atoms with Crippen molar-refractivity contribution in [3.05, 3.63) is 122 Å². The normalized spacial score (nSPS) is 14.5. The predicted molar refractivity (Wildman–Crippen MR) is 418 cm³/mol. The van der Waals surface area contributed by atoms with E-state index >= 15 is 0 Å². The largest absolute Gasteiger partial charge is 0.472 e. The Morgan fingerprint density at radius 1 is 0.284 bits per heavy atom. The zero-order valence-electron chi connectivity index (χ0n) is 64.0. The van der Waals surface area contributed by atoms with Crippen LogP contribution in [0.15, 0.2) is 122 Å². The molecule has 0 saturated heterocycles. The van der Waals surface area contributed by atoms with Crippen LogP contribution in [0.3, 0.4) is 0 Å². The Hall–Kier alpha value is -4.54. The number of phosphoric ester groups is 2. The second kappa shape index (κ2) is 74.7. The molecule has 0 spiro atoms. The first-order valence-corrected chi connectivity index (χ1v) is 42.8. The van der Waals surface area contributed by atoms with Gasteiger partial charge in [0, 0.05) is 25.7 Å². The standard InChI is InChI=1S/C83H142O17P2/c1-5-9-13-17-21-25-29-33-36-37-38-39-42-45-48-52-56-60-64-68-81(86)94-73-78(99-82(87)69-65-61-57-53-49-43-32-28-24-20-16-12-8-4)75-97-101(89,90)95-71-77(84)72-96-102(91,92)98-76-79(100-83(88)70-66-62-58-54-50-46-41-35-31-27-23-19-15-11-7-3)74-93-80(85)67-63-59-55-51-47-44-40-34-30-26-22-18-14-10-6-2/h9,13,16,20-23,25-28,32-36,38-41,77-79,84H,5-8,10-12,14-15,17-19,24,29-31,37,42-76H2,1-4H3,(H,89,90)(H,91,92)/b13-9-,20-16-,25-21-,26-22-,27-23-,32-28-,36-33-,39-38-,40-34-,41-35-. The van der Waals surface area contributed by atoms with Crippen LogP contribution in [-0.4, -0.2) is 96.7 Å². The average molecular weight is 1470 g/mol. The van der Waals surface area contributed by atoms with Crippen LogP contribution >= 0.6 is 15.6 Å². The van der Waals surface area contributed by atoms with E-state index in [4.69, 9.17) is 37.0 Å². The maximum absolute atomic E-state index is 13.1. The van der Waals surface area contributed by atoms with Gasteiger partial charge in [0.1, 0.15) is 19.3 Å². The molecule has 3 N–H and O–H groups in total. The zero-order valence-corrected chi connectivity index (χ0v) is 65.8. The third-order valence-corrected chi connectivity index (χ3v) is 18.3. The molecule has 19 heteroatoms. The van der Waals surface area contributed by atoms with Crippen molar-refractivity contribution in [2.24, 2.45) is 0 Å². The number of carbonyl (C=O) groups is 4. The molecule has 0 aromatic rings. The number of aliphatic hydroxyl groups is 1. The van der Waals surface area contributed by atoms with Gasteiger partial charge in [-0.2, -0.15) is 0 Å². The smallest absolute Gasteiger partial charge is 0.462 e. The first-order chi connectivity index (χ1) is 49.7. The molecule has 0 radical (unpaired) electrons. The van der Waals surface area contributed by atoms with Crippen LogP contribution in [-0.2, 0) is 65.4 Å². The molecule has 102 heavy (non-hydrogen) atoms. The van der Waals surface area contributed by atoms with Gasteiger partial charge < -0.3 is 33.8 Å². The summed E-state index contributed by atoms with van der Waals surface area (Å²) in [6, 6.07) is 0. The highest BCUT2D eigenvalue weighted by atomic mass is 31.2. The van der Waals surface area contributed by atoms with Crippen molar-refractivity contribution in [2.75, 3.05) is 39.6 Å². The Morgan fingerprint density at radius 3 is 0.824 bits per heavy atom. The van der Waals surface area contributed by atoms with Crippen molar-refractivity contribution in [1.82, 2.24) is 0 Å². The molecule has 0 aliphatic carbocycles. The number of carbonyl (C=O) groups excluding carboxylic acids is 4. The number of allylic oxidation sites excluding steroid dienone is 20. The Bertz CT molecular complexity index is 2410. The molecule has 0 bridgehead atoms. The van der Waals surface area contributed by atoms with Gasteiger partial charge in [-0.3, -0.25) is 37.3 Å². The Kier molecular flexibility index (Phi) is 71.4. The van der Waals surface area contributed by atoms with E-state index in [2.05, 4.69) is 149 Å². The van der Waals surface area contributed by atoms with Crippen LogP contribution in [0.2, 0.25) is 0 Å². The van der Waals surface area contributed by atoms with E-state index in [0.717, 1.165) is 205 Å². The number of unbranched alkanes of at least 4 members (excludes halogenated alkanes) is 28. The fourth-order valence-corrected chi connectivity index (χ4v) is 11.9. The van der Waals surface area contributed by atoms with Gasteiger partial charge in [0.15, 0.2) is 12.2 Å². The van der Waals surface area contributed by atoms with E-state index in [0.29, 0.717) is 25.7 Å². The summed E-state index contributed by atoms with van der Waals surface area (Å²) in [7, 11) is -9.97. The lowest BCUT2D eigenvalue weighted by Crippen LogP contribution is -2.30. The van der Waals surface area contributed by atoms with Gasteiger partial charge in [-0.15, -0.1) is 0 Å². The van der Waals surface area contributed by atoms with E-state index in [-0.39, 0.29) is 25.7 Å². The van der Waals surface area contributed by atoms with Crippen LogP contribution in [0, 0.1) is 0 Å². The van der Waals surface area contributed by atoms with Crippen LogP contribution in [0.1, 0.15) is 323 Å². The van der Waals surface area contributed by atoms with E-state index < -0.39 is 97.5 Å². The van der Waals surface area contributed by atoms with Gasteiger partial charge in [0.25, 0.3) is 0 Å². The predicted octanol–water partition coefficient (Wildman–Crippen LogP) is 23.1. The number of aliphatic hydroxyl groups excluding tert-OH is 1. The van der Waals surface area contributed by atoms with Crippen LogP contribution in [0.5, 0.6) is 0 Å². The second-order valence-electron chi connectivity index (χ2n) is 26.3. The zero-order chi connectivity index (χ0) is 74.6. The Balaban J connectivity index is 5.38. The summed E-state index contributed by atoms with van der Waals surface area (Å²) in [6.07, 6.45) is 81.7. The minimum absolute atomic E-state index is 0.0727. The van der Waals surface area contributed by atoms with Crippen molar-refractivity contribution < 1.29 is 80.2 Å². The molecule has 5 atom stereocenters. The third kappa shape index (κ3) is 73.8. The van der Waals surface area contributed by atoms with Crippen LogP contribution in [0.25, 0.3) is 0 Å². The molecule has 17 nitrogen and oxygen atoms in total. The molecule has 0 aliphatic heterocycles. The number of rotatable bonds is 74. The van der Waals surface area contributed by atoms with Crippen molar-refractivity contribution in [3.63, 3.8) is 0 Å². The van der Waals surface area contributed by atoms with E-state index in [9.17, 15) is 43.2 Å². The highest BCUT2D eigenvalue weighted by Crippen LogP contribution is 2.45. The maximum Gasteiger partial charge on any atom is 0.472 e. The Labute approximate surface area is 619 Å². The van der Waals surface area contributed by atoms with Crippen molar-refractivity contribution >= 4 is 39.5 Å². The van der Waals surface area contributed by atoms with E-state index in [1.807, 2.05) is 0 Å². The van der Waals surface area contributed by atoms with Crippen molar-refractivity contribution in [3.8, 4) is 0 Å².